The third kappa shape index (κ3) is 4.73. The smallest absolute Gasteiger partial charge is 0.303 e. The zero-order valence-electron chi connectivity index (χ0n) is 10.6. The topological polar surface area (TPSA) is 69.6 Å². The van der Waals surface area contributed by atoms with Crippen molar-refractivity contribution in [2.24, 2.45) is 5.92 Å². The molecule has 1 aliphatic rings. The first-order valence-corrected chi connectivity index (χ1v) is 6.21. The predicted molar refractivity (Wildman–Crippen MR) is 64.7 cm³/mol. The minimum atomic E-state index is -0.804. The second kappa shape index (κ2) is 6.59. The summed E-state index contributed by atoms with van der Waals surface area (Å²) < 4.78 is 0. The SMILES string of the molecule is CC1CC(C(=O)N(C)CCCC(=O)O)CCN1. The Balaban J connectivity index is 2.32. The lowest BCUT2D eigenvalue weighted by atomic mass is 9.92. The van der Waals surface area contributed by atoms with Gasteiger partial charge in [0.1, 0.15) is 0 Å². The van der Waals surface area contributed by atoms with Crippen molar-refractivity contribution in [3.8, 4) is 0 Å². The van der Waals surface area contributed by atoms with E-state index in [2.05, 4.69) is 12.2 Å². The number of carbonyl (C=O) groups excluding carboxylic acids is 1. The van der Waals surface area contributed by atoms with E-state index in [-0.39, 0.29) is 18.2 Å². The minimum absolute atomic E-state index is 0.0982. The molecular formula is C12H22N2O3. The first kappa shape index (κ1) is 14.0. The third-order valence-corrected chi connectivity index (χ3v) is 3.23. The number of amides is 1. The molecular weight excluding hydrogens is 220 g/mol. The van der Waals surface area contributed by atoms with Crippen molar-refractivity contribution < 1.29 is 14.7 Å². The second-order valence-electron chi connectivity index (χ2n) is 4.83. The van der Waals surface area contributed by atoms with Gasteiger partial charge in [0.05, 0.1) is 0 Å². The number of carbonyl (C=O) groups is 2. The van der Waals surface area contributed by atoms with Gasteiger partial charge in [0.2, 0.25) is 5.91 Å². The summed E-state index contributed by atoms with van der Waals surface area (Å²) in [5.74, 6) is -0.550. The summed E-state index contributed by atoms with van der Waals surface area (Å²) in [5, 5.41) is 11.9. The molecule has 0 saturated carbocycles. The van der Waals surface area contributed by atoms with Crippen LogP contribution < -0.4 is 5.32 Å². The molecule has 1 rings (SSSR count). The van der Waals surface area contributed by atoms with Crippen LogP contribution in [-0.4, -0.2) is 48.1 Å². The molecule has 2 N–H and O–H groups in total. The lowest BCUT2D eigenvalue weighted by Crippen LogP contribution is -2.43. The number of hydrogen-bond donors (Lipinski definition) is 2. The molecule has 17 heavy (non-hydrogen) atoms. The molecule has 1 fully saturated rings. The molecule has 0 aromatic heterocycles. The van der Waals surface area contributed by atoms with Gasteiger partial charge in [-0.1, -0.05) is 0 Å². The fraction of sp³-hybridized carbons (Fsp3) is 0.833. The van der Waals surface area contributed by atoms with E-state index in [1.807, 2.05) is 0 Å². The summed E-state index contributed by atoms with van der Waals surface area (Å²) in [6.07, 6.45) is 2.41. The summed E-state index contributed by atoms with van der Waals surface area (Å²) in [7, 11) is 1.76. The van der Waals surface area contributed by atoms with Crippen LogP contribution in [0.25, 0.3) is 0 Å². The largest absolute Gasteiger partial charge is 0.481 e. The maximum absolute atomic E-state index is 12.1. The summed E-state index contributed by atoms with van der Waals surface area (Å²) >= 11 is 0. The van der Waals surface area contributed by atoms with Crippen molar-refractivity contribution in [2.75, 3.05) is 20.1 Å². The Kier molecular flexibility index (Phi) is 5.41. The number of rotatable bonds is 5. The molecule has 2 atom stereocenters. The van der Waals surface area contributed by atoms with Crippen LogP contribution in [0, 0.1) is 5.92 Å². The zero-order chi connectivity index (χ0) is 12.8. The maximum Gasteiger partial charge on any atom is 0.303 e. The Labute approximate surface area is 102 Å². The van der Waals surface area contributed by atoms with Crippen LogP contribution in [0.2, 0.25) is 0 Å². The van der Waals surface area contributed by atoms with E-state index in [1.165, 1.54) is 0 Å². The number of nitrogens with one attached hydrogen (secondary N) is 1. The van der Waals surface area contributed by atoms with Crippen LogP contribution >= 0.6 is 0 Å². The average Bonchev–Trinajstić information content (AvgIpc) is 2.27. The summed E-state index contributed by atoms with van der Waals surface area (Å²) in [6, 6.07) is 0.394. The van der Waals surface area contributed by atoms with Gasteiger partial charge < -0.3 is 15.3 Å². The number of hydrogen-bond acceptors (Lipinski definition) is 3. The number of carboxylic acid groups (broad SMARTS) is 1. The Hall–Kier alpha value is -1.10. The molecule has 2 unspecified atom stereocenters. The highest BCUT2D eigenvalue weighted by Crippen LogP contribution is 2.18. The van der Waals surface area contributed by atoms with E-state index in [9.17, 15) is 9.59 Å². The Bertz CT molecular complexity index is 281. The highest BCUT2D eigenvalue weighted by molar-refractivity contribution is 5.78. The number of carboxylic acids is 1. The summed E-state index contributed by atoms with van der Waals surface area (Å²) in [6.45, 7) is 3.51. The van der Waals surface area contributed by atoms with Gasteiger partial charge in [-0.15, -0.1) is 0 Å². The number of piperidine rings is 1. The van der Waals surface area contributed by atoms with E-state index in [4.69, 9.17) is 5.11 Å². The van der Waals surface area contributed by atoms with Crippen LogP contribution in [-0.2, 0) is 9.59 Å². The monoisotopic (exact) mass is 242 g/mol. The third-order valence-electron chi connectivity index (χ3n) is 3.23. The van der Waals surface area contributed by atoms with Gasteiger partial charge in [-0.05, 0) is 32.7 Å². The zero-order valence-corrected chi connectivity index (χ0v) is 10.6. The Morgan fingerprint density at radius 3 is 2.76 bits per heavy atom. The molecule has 0 aromatic carbocycles. The first-order valence-electron chi connectivity index (χ1n) is 6.21. The molecule has 5 heteroatoms. The van der Waals surface area contributed by atoms with Gasteiger partial charge in [-0.2, -0.15) is 0 Å². The van der Waals surface area contributed by atoms with Crippen molar-refractivity contribution in [1.82, 2.24) is 10.2 Å². The molecule has 0 aromatic rings. The molecule has 1 heterocycles. The molecule has 0 aliphatic carbocycles. The van der Waals surface area contributed by atoms with Gasteiger partial charge in [-0.3, -0.25) is 9.59 Å². The van der Waals surface area contributed by atoms with E-state index >= 15 is 0 Å². The lowest BCUT2D eigenvalue weighted by molar-refractivity contribution is -0.139. The highest BCUT2D eigenvalue weighted by atomic mass is 16.4. The summed E-state index contributed by atoms with van der Waals surface area (Å²) in [4.78, 5) is 24.1. The van der Waals surface area contributed by atoms with Crippen molar-refractivity contribution in [3.63, 3.8) is 0 Å². The van der Waals surface area contributed by atoms with E-state index in [0.717, 1.165) is 19.4 Å². The van der Waals surface area contributed by atoms with Gasteiger partial charge in [0, 0.05) is 32.0 Å². The summed E-state index contributed by atoms with van der Waals surface area (Å²) in [5.41, 5.74) is 0. The van der Waals surface area contributed by atoms with Gasteiger partial charge in [0.25, 0.3) is 0 Å². The minimum Gasteiger partial charge on any atom is -0.481 e. The molecule has 1 aliphatic heterocycles. The van der Waals surface area contributed by atoms with Crippen LogP contribution in [0.1, 0.15) is 32.6 Å². The highest BCUT2D eigenvalue weighted by Gasteiger charge is 2.26. The van der Waals surface area contributed by atoms with E-state index in [0.29, 0.717) is 19.0 Å². The first-order chi connectivity index (χ1) is 8.00. The number of nitrogens with zero attached hydrogens (tertiary/aromatic N) is 1. The van der Waals surface area contributed by atoms with Crippen molar-refractivity contribution in [1.29, 1.82) is 0 Å². The molecule has 0 radical (unpaired) electrons. The molecule has 0 bridgehead atoms. The van der Waals surface area contributed by atoms with Crippen LogP contribution in [0.5, 0.6) is 0 Å². The Morgan fingerprint density at radius 1 is 1.47 bits per heavy atom. The van der Waals surface area contributed by atoms with Gasteiger partial charge in [-0.25, -0.2) is 0 Å². The predicted octanol–water partition coefficient (Wildman–Crippen LogP) is 0.698. The maximum atomic E-state index is 12.1. The van der Waals surface area contributed by atoms with Gasteiger partial charge in [0.15, 0.2) is 0 Å². The molecule has 0 spiro atoms. The number of aliphatic carboxylic acids is 1. The quantitative estimate of drug-likeness (QED) is 0.744. The van der Waals surface area contributed by atoms with E-state index in [1.54, 1.807) is 11.9 Å². The van der Waals surface area contributed by atoms with Crippen LogP contribution in [0.3, 0.4) is 0 Å². The van der Waals surface area contributed by atoms with Crippen molar-refractivity contribution in [3.05, 3.63) is 0 Å². The molecule has 1 amide bonds. The average molecular weight is 242 g/mol. The standard InChI is InChI=1S/C12H22N2O3/c1-9-8-10(5-6-13-9)12(17)14(2)7-3-4-11(15)16/h9-10,13H,3-8H2,1-2H3,(H,15,16). The van der Waals surface area contributed by atoms with Crippen LogP contribution in [0.15, 0.2) is 0 Å². The van der Waals surface area contributed by atoms with Gasteiger partial charge >= 0.3 is 5.97 Å². The van der Waals surface area contributed by atoms with Crippen LogP contribution in [0.4, 0.5) is 0 Å². The fourth-order valence-corrected chi connectivity index (χ4v) is 2.25. The molecule has 5 nitrogen and oxygen atoms in total. The Morgan fingerprint density at radius 2 is 2.18 bits per heavy atom. The molecule has 98 valence electrons. The van der Waals surface area contributed by atoms with E-state index < -0.39 is 5.97 Å². The van der Waals surface area contributed by atoms with Crippen molar-refractivity contribution >= 4 is 11.9 Å². The molecule has 1 saturated heterocycles. The fourth-order valence-electron chi connectivity index (χ4n) is 2.25. The van der Waals surface area contributed by atoms with Crippen molar-refractivity contribution in [2.45, 2.75) is 38.6 Å². The lowest BCUT2D eigenvalue weighted by Gasteiger charge is -2.30. The normalized spacial score (nSPS) is 24.4. The second-order valence-corrected chi connectivity index (χ2v) is 4.83.